The lowest BCUT2D eigenvalue weighted by Gasteiger charge is -1.94. The Morgan fingerprint density at radius 2 is 2.00 bits per heavy atom. The van der Waals surface area contributed by atoms with E-state index in [1.807, 2.05) is 12.1 Å². The Balaban J connectivity index is 2.91. The van der Waals surface area contributed by atoms with Crippen molar-refractivity contribution in [2.45, 2.75) is 6.42 Å². The molecule has 0 saturated carbocycles. The van der Waals surface area contributed by atoms with Gasteiger partial charge in [0.25, 0.3) is 0 Å². The standard InChI is InChI=1S/C8H8N3/c1-2-7-3-5-8(6-4-7)10-11-9/h3-6H,1-2H2. The normalized spacial score (nSPS) is 8.82. The monoisotopic (exact) mass is 146 g/mol. The van der Waals surface area contributed by atoms with E-state index in [2.05, 4.69) is 16.9 Å². The molecule has 55 valence electrons. The Morgan fingerprint density at radius 1 is 1.36 bits per heavy atom. The molecule has 0 heterocycles. The number of hydrogen-bond donors (Lipinski definition) is 0. The van der Waals surface area contributed by atoms with Crippen LogP contribution < -0.4 is 0 Å². The first-order chi connectivity index (χ1) is 5.36. The molecule has 11 heavy (non-hydrogen) atoms. The van der Waals surface area contributed by atoms with Gasteiger partial charge in [0.1, 0.15) is 0 Å². The molecule has 1 aromatic carbocycles. The van der Waals surface area contributed by atoms with Gasteiger partial charge in [-0.15, -0.1) is 0 Å². The summed E-state index contributed by atoms with van der Waals surface area (Å²) in [6, 6.07) is 7.36. The van der Waals surface area contributed by atoms with Gasteiger partial charge in [-0.3, -0.25) is 0 Å². The van der Waals surface area contributed by atoms with Crippen molar-refractivity contribution in [3.05, 3.63) is 47.2 Å². The highest BCUT2D eigenvalue weighted by Crippen LogP contribution is 2.12. The van der Waals surface area contributed by atoms with Gasteiger partial charge < -0.3 is 0 Å². The Morgan fingerprint density at radius 3 is 2.45 bits per heavy atom. The molecular formula is C8H8N3. The van der Waals surface area contributed by atoms with Crippen molar-refractivity contribution in [2.75, 3.05) is 0 Å². The largest absolute Gasteiger partial charge is 0.0608 e. The summed E-state index contributed by atoms with van der Waals surface area (Å²) in [5.41, 5.74) is 9.88. The molecule has 0 aliphatic carbocycles. The van der Waals surface area contributed by atoms with Crippen LogP contribution in [-0.4, -0.2) is 0 Å². The Bertz CT molecular complexity index is 270. The third-order valence-electron chi connectivity index (χ3n) is 1.39. The zero-order chi connectivity index (χ0) is 8.10. The van der Waals surface area contributed by atoms with Crippen molar-refractivity contribution in [1.29, 1.82) is 0 Å². The molecule has 3 heteroatoms. The second kappa shape index (κ2) is 3.64. The fourth-order valence-electron chi connectivity index (χ4n) is 0.781. The van der Waals surface area contributed by atoms with E-state index in [-0.39, 0.29) is 0 Å². The quantitative estimate of drug-likeness (QED) is 0.350. The van der Waals surface area contributed by atoms with Crippen molar-refractivity contribution in [3.63, 3.8) is 0 Å². The first kappa shape index (κ1) is 7.63. The predicted molar refractivity (Wildman–Crippen MR) is 44.3 cm³/mol. The highest BCUT2D eigenvalue weighted by molar-refractivity contribution is 5.38. The van der Waals surface area contributed by atoms with E-state index in [1.165, 1.54) is 0 Å². The topological polar surface area (TPSA) is 48.8 Å². The molecule has 0 N–H and O–H groups in total. The molecule has 0 spiro atoms. The number of nitrogens with zero attached hydrogens (tertiary/aromatic N) is 3. The van der Waals surface area contributed by atoms with Crippen LogP contribution in [0.2, 0.25) is 0 Å². The predicted octanol–water partition coefficient (Wildman–Crippen LogP) is 3.00. The van der Waals surface area contributed by atoms with Gasteiger partial charge in [-0.2, -0.15) is 0 Å². The Labute approximate surface area is 65.3 Å². The summed E-state index contributed by atoms with van der Waals surface area (Å²) in [6.45, 7) is 3.73. The molecule has 3 nitrogen and oxygen atoms in total. The maximum atomic E-state index is 8.09. The summed E-state index contributed by atoms with van der Waals surface area (Å²) in [5, 5.41) is 3.44. The van der Waals surface area contributed by atoms with Crippen LogP contribution in [0, 0.1) is 6.92 Å². The number of benzene rings is 1. The molecule has 0 bridgehead atoms. The first-order valence-electron chi connectivity index (χ1n) is 3.30. The number of hydrogen-bond acceptors (Lipinski definition) is 1. The second-order valence-corrected chi connectivity index (χ2v) is 2.11. The van der Waals surface area contributed by atoms with Gasteiger partial charge >= 0.3 is 0 Å². The molecule has 0 unspecified atom stereocenters. The second-order valence-electron chi connectivity index (χ2n) is 2.11. The van der Waals surface area contributed by atoms with Crippen molar-refractivity contribution >= 4 is 5.69 Å². The number of azide groups is 1. The third kappa shape index (κ3) is 1.99. The van der Waals surface area contributed by atoms with E-state index < -0.39 is 0 Å². The minimum absolute atomic E-state index is 0.643. The van der Waals surface area contributed by atoms with Crippen LogP contribution >= 0.6 is 0 Å². The summed E-state index contributed by atoms with van der Waals surface area (Å²) >= 11 is 0. The van der Waals surface area contributed by atoms with Crippen LogP contribution in [0.25, 0.3) is 10.4 Å². The smallest absolute Gasteiger partial charge is 0.0375 e. The first-order valence-corrected chi connectivity index (χ1v) is 3.30. The molecule has 0 atom stereocenters. The van der Waals surface area contributed by atoms with Gasteiger partial charge in [0.15, 0.2) is 0 Å². The van der Waals surface area contributed by atoms with E-state index in [1.54, 1.807) is 12.1 Å². The molecule has 0 saturated heterocycles. The summed E-state index contributed by atoms with van der Waals surface area (Å²) in [5.74, 6) is 0. The fraction of sp³-hybridized carbons (Fsp3) is 0.125. The molecule has 1 aromatic rings. The van der Waals surface area contributed by atoms with Gasteiger partial charge in [-0.25, -0.2) is 0 Å². The summed E-state index contributed by atoms with van der Waals surface area (Å²) in [4.78, 5) is 2.67. The van der Waals surface area contributed by atoms with Crippen molar-refractivity contribution in [1.82, 2.24) is 0 Å². The lowest BCUT2D eigenvalue weighted by molar-refractivity contribution is 1.27. The van der Waals surface area contributed by atoms with Crippen molar-refractivity contribution < 1.29 is 0 Å². The van der Waals surface area contributed by atoms with E-state index in [0.717, 1.165) is 12.0 Å². The molecular weight excluding hydrogens is 138 g/mol. The molecule has 0 fully saturated rings. The third-order valence-corrected chi connectivity index (χ3v) is 1.39. The van der Waals surface area contributed by atoms with E-state index in [9.17, 15) is 0 Å². The van der Waals surface area contributed by atoms with Crippen LogP contribution in [0.4, 0.5) is 5.69 Å². The van der Waals surface area contributed by atoms with Crippen LogP contribution in [-0.2, 0) is 6.42 Å². The maximum absolute atomic E-state index is 8.09. The molecule has 0 amide bonds. The molecule has 1 radical (unpaired) electrons. The van der Waals surface area contributed by atoms with Gasteiger partial charge in [0, 0.05) is 10.6 Å². The summed E-state index contributed by atoms with van der Waals surface area (Å²) < 4.78 is 0. The zero-order valence-electron chi connectivity index (χ0n) is 6.07. The number of rotatable bonds is 2. The van der Waals surface area contributed by atoms with E-state index in [0.29, 0.717) is 5.69 Å². The molecule has 0 aromatic heterocycles. The van der Waals surface area contributed by atoms with Crippen LogP contribution in [0.3, 0.4) is 0 Å². The molecule has 0 aliphatic heterocycles. The van der Waals surface area contributed by atoms with Gasteiger partial charge in [0.2, 0.25) is 0 Å². The summed E-state index contributed by atoms with van der Waals surface area (Å²) in [7, 11) is 0. The van der Waals surface area contributed by atoms with Crippen molar-refractivity contribution in [3.8, 4) is 0 Å². The molecule has 1 rings (SSSR count). The SMILES string of the molecule is [CH2]Cc1ccc(N=[N+]=[N-])cc1. The Hall–Kier alpha value is -1.47. The maximum Gasteiger partial charge on any atom is 0.0375 e. The molecule has 0 aliphatic rings. The highest BCUT2D eigenvalue weighted by Gasteiger charge is 1.88. The van der Waals surface area contributed by atoms with Crippen LogP contribution in [0.1, 0.15) is 5.56 Å². The van der Waals surface area contributed by atoms with E-state index >= 15 is 0 Å². The highest BCUT2D eigenvalue weighted by atomic mass is 15.1. The zero-order valence-corrected chi connectivity index (χ0v) is 6.07. The van der Waals surface area contributed by atoms with Crippen molar-refractivity contribution in [2.24, 2.45) is 5.11 Å². The van der Waals surface area contributed by atoms with Gasteiger partial charge in [-0.05, 0) is 24.4 Å². The van der Waals surface area contributed by atoms with Crippen LogP contribution in [0.5, 0.6) is 0 Å². The average Bonchev–Trinajstić information content (AvgIpc) is 2.07. The fourth-order valence-corrected chi connectivity index (χ4v) is 0.781. The Kier molecular flexibility index (Phi) is 2.53. The minimum atomic E-state index is 0.643. The average molecular weight is 146 g/mol. The van der Waals surface area contributed by atoms with Crippen LogP contribution in [0.15, 0.2) is 29.4 Å². The lowest BCUT2D eigenvalue weighted by Crippen LogP contribution is -1.75. The van der Waals surface area contributed by atoms with Gasteiger partial charge in [-0.1, -0.05) is 29.4 Å². The van der Waals surface area contributed by atoms with Gasteiger partial charge in [0.05, 0.1) is 0 Å². The van der Waals surface area contributed by atoms with E-state index in [4.69, 9.17) is 5.53 Å². The lowest BCUT2D eigenvalue weighted by atomic mass is 10.2. The summed E-state index contributed by atoms with van der Waals surface area (Å²) in [6.07, 6.45) is 0.760. The minimum Gasteiger partial charge on any atom is -0.0608 e.